The fraction of sp³-hybridized carbons (Fsp3) is 0.125. The number of carbonyl (C=O) groups is 1. The summed E-state index contributed by atoms with van der Waals surface area (Å²) < 4.78 is 31.4. The van der Waals surface area contributed by atoms with Crippen LogP contribution in [0.15, 0.2) is 42.5 Å². The van der Waals surface area contributed by atoms with Gasteiger partial charge in [-0.25, -0.2) is 8.78 Å². The van der Waals surface area contributed by atoms with Gasteiger partial charge in [-0.1, -0.05) is 6.07 Å². The third-order valence-corrected chi connectivity index (χ3v) is 2.85. The zero-order valence-electron chi connectivity index (χ0n) is 11.1. The number of hydrogen-bond acceptors (Lipinski definition) is 3. The van der Waals surface area contributed by atoms with Gasteiger partial charge in [-0.2, -0.15) is 5.26 Å². The Morgan fingerprint density at radius 3 is 2.62 bits per heavy atom. The minimum Gasteiger partial charge on any atom is -0.483 e. The highest BCUT2D eigenvalue weighted by Crippen LogP contribution is 2.17. The van der Waals surface area contributed by atoms with Crippen LogP contribution in [0.25, 0.3) is 0 Å². The molecule has 0 saturated carbocycles. The Bertz CT molecular complexity index is 722. The summed E-state index contributed by atoms with van der Waals surface area (Å²) in [4.78, 5) is 12.1. The standard InChI is InChI=1S/C16H11F2NO2/c1-10(21-13-4-2-3-11(7-13)9-19)16(20)12-5-6-14(17)15(18)8-12/h2-8,10H,1H3. The molecule has 0 N–H and O–H groups in total. The summed E-state index contributed by atoms with van der Waals surface area (Å²) >= 11 is 0. The second-order valence-electron chi connectivity index (χ2n) is 4.39. The molecule has 0 saturated heterocycles. The van der Waals surface area contributed by atoms with Crippen molar-refractivity contribution < 1.29 is 18.3 Å². The van der Waals surface area contributed by atoms with Gasteiger partial charge in [0.25, 0.3) is 0 Å². The fourth-order valence-corrected chi connectivity index (χ4v) is 1.78. The molecule has 3 nitrogen and oxygen atoms in total. The van der Waals surface area contributed by atoms with E-state index in [0.29, 0.717) is 11.3 Å². The third-order valence-electron chi connectivity index (χ3n) is 2.85. The minimum atomic E-state index is -1.08. The number of halogens is 2. The molecule has 0 aliphatic heterocycles. The van der Waals surface area contributed by atoms with E-state index in [2.05, 4.69) is 0 Å². The highest BCUT2D eigenvalue weighted by atomic mass is 19.2. The van der Waals surface area contributed by atoms with Crippen molar-refractivity contribution in [2.24, 2.45) is 0 Å². The Labute approximate surface area is 120 Å². The Balaban J connectivity index is 2.15. The van der Waals surface area contributed by atoms with Crippen LogP contribution in [0.5, 0.6) is 5.75 Å². The second kappa shape index (κ2) is 6.14. The van der Waals surface area contributed by atoms with E-state index < -0.39 is 23.5 Å². The Kier molecular flexibility index (Phi) is 4.29. The van der Waals surface area contributed by atoms with Crippen molar-refractivity contribution in [3.8, 4) is 11.8 Å². The SMILES string of the molecule is CC(Oc1cccc(C#N)c1)C(=O)c1ccc(F)c(F)c1. The number of benzene rings is 2. The maximum atomic E-state index is 13.1. The topological polar surface area (TPSA) is 50.1 Å². The van der Waals surface area contributed by atoms with Crippen LogP contribution in [0.1, 0.15) is 22.8 Å². The van der Waals surface area contributed by atoms with Crippen LogP contribution in [0, 0.1) is 23.0 Å². The molecule has 0 heterocycles. The number of ether oxygens (including phenoxy) is 1. The van der Waals surface area contributed by atoms with Gasteiger partial charge in [-0.3, -0.25) is 4.79 Å². The first-order valence-electron chi connectivity index (χ1n) is 6.17. The molecule has 2 aromatic rings. The van der Waals surface area contributed by atoms with E-state index in [1.807, 2.05) is 6.07 Å². The smallest absolute Gasteiger partial charge is 0.203 e. The molecular formula is C16H11F2NO2. The Morgan fingerprint density at radius 2 is 1.95 bits per heavy atom. The average Bonchev–Trinajstić information content (AvgIpc) is 2.49. The quantitative estimate of drug-likeness (QED) is 0.809. The van der Waals surface area contributed by atoms with E-state index in [4.69, 9.17) is 10.00 Å². The van der Waals surface area contributed by atoms with E-state index >= 15 is 0 Å². The largest absolute Gasteiger partial charge is 0.483 e. The predicted molar refractivity (Wildman–Crippen MR) is 71.9 cm³/mol. The summed E-state index contributed by atoms with van der Waals surface area (Å²) in [7, 11) is 0. The molecule has 0 fully saturated rings. The van der Waals surface area contributed by atoms with Gasteiger partial charge in [0.1, 0.15) is 5.75 Å². The molecule has 0 aliphatic carbocycles. The summed E-state index contributed by atoms with van der Waals surface area (Å²) in [6.45, 7) is 1.50. The first-order valence-corrected chi connectivity index (χ1v) is 6.17. The second-order valence-corrected chi connectivity index (χ2v) is 4.39. The molecule has 2 rings (SSSR count). The lowest BCUT2D eigenvalue weighted by Gasteiger charge is -2.14. The van der Waals surface area contributed by atoms with Crippen LogP contribution in [0.3, 0.4) is 0 Å². The number of rotatable bonds is 4. The molecule has 21 heavy (non-hydrogen) atoms. The maximum absolute atomic E-state index is 13.1. The van der Waals surface area contributed by atoms with Crippen molar-refractivity contribution in [1.29, 1.82) is 5.26 Å². The van der Waals surface area contributed by atoms with E-state index in [9.17, 15) is 13.6 Å². The van der Waals surface area contributed by atoms with Crippen molar-refractivity contribution in [3.05, 3.63) is 65.2 Å². The molecule has 0 aromatic heterocycles. The molecule has 1 unspecified atom stereocenters. The van der Waals surface area contributed by atoms with Crippen LogP contribution in [-0.4, -0.2) is 11.9 Å². The normalized spacial score (nSPS) is 11.5. The number of nitriles is 1. The van der Waals surface area contributed by atoms with Crippen LogP contribution < -0.4 is 4.74 Å². The molecule has 2 aromatic carbocycles. The molecule has 5 heteroatoms. The van der Waals surface area contributed by atoms with Gasteiger partial charge in [0.05, 0.1) is 11.6 Å². The van der Waals surface area contributed by atoms with Crippen molar-refractivity contribution in [3.63, 3.8) is 0 Å². The Morgan fingerprint density at radius 1 is 1.19 bits per heavy atom. The maximum Gasteiger partial charge on any atom is 0.203 e. The van der Waals surface area contributed by atoms with Crippen molar-refractivity contribution in [1.82, 2.24) is 0 Å². The van der Waals surface area contributed by atoms with E-state index in [0.717, 1.165) is 12.1 Å². The molecule has 0 aliphatic rings. The van der Waals surface area contributed by atoms with Gasteiger partial charge in [-0.05, 0) is 43.3 Å². The average molecular weight is 287 g/mol. The summed E-state index contributed by atoms with van der Waals surface area (Å²) in [6, 6.07) is 11.2. The molecule has 0 radical (unpaired) electrons. The lowest BCUT2D eigenvalue weighted by molar-refractivity contribution is 0.0817. The molecular weight excluding hydrogens is 276 g/mol. The molecule has 106 valence electrons. The van der Waals surface area contributed by atoms with Gasteiger partial charge in [0, 0.05) is 5.56 Å². The zero-order chi connectivity index (χ0) is 15.4. The van der Waals surface area contributed by atoms with Crippen LogP contribution >= 0.6 is 0 Å². The van der Waals surface area contributed by atoms with Gasteiger partial charge >= 0.3 is 0 Å². The molecule has 0 amide bonds. The molecule has 0 bridgehead atoms. The summed E-state index contributed by atoms with van der Waals surface area (Å²) in [5.41, 5.74) is 0.429. The summed E-state index contributed by atoms with van der Waals surface area (Å²) in [5, 5.41) is 8.79. The van der Waals surface area contributed by atoms with Crippen molar-refractivity contribution in [2.75, 3.05) is 0 Å². The number of ketones is 1. The number of nitrogens with zero attached hydrogens (tertiary/aromatic N) is 1. The first-order chi connectivity index (χ1) is 10.0. The fourth-order valence-electron chi connectivity index (χ4n) is 1.78. The Hall–Kier alpha value is -2.74. The van der Waals surface area contributed by atoms with Gasteiger partial charge < -0.3 is 4.74 Å². The van der Waals surface area contributed by atoms with Gasteiger partial charge in [0.15, 0.2) is 17.7 Å². The number of carbonyl (C=O) groups excluding carboxylic acids is 1. The third kappa shape index (κ3) is 3.42. The first kappa shape index (κ1) is 14.7. The van der Waals surface area contributed by atoms with Gasteiger partial charge in [-0.15, -0.1) is 0 Å². The van der Waals surface area contributed by atoms with Crippen LogP contribution in [0.4, 0.5) is 8.78 Å². The lowest BCUT2D eigenvalue weighted by atomic mass is 10.1. The van der Waals surface area contributed by atoms with Crippen LogP contribution in [-0.2, 0) is 0 Å². The summed E-state index contributed by atoms with van der Waals surface area (Å²) in [6.07, 6.45) is -0.885. The van der Waals surface area contributed by atoms with Crippen molar-refractivity contribution >= 4 is 5.78 Å². The van der Waals surface area contributed by atoms with E-state index in [1.54, 1.807) is 18.2 Å². The van der Waals surface area contributed by atoms with E-state index in [-0.39, 0.29) is 5.56 Å². The number of Topliss-reactive ketones (excluding diaryl/α,β-unsaturated/α-hetero) is 1. The highest BCUT2D eigenvalue weighted by Gasteiger charge is 2.18. The minimum absolute atomic E-state index is 0.0258. The number of hydrogen-bond donors (Lipinski definition) is 0. The summed E-state index contributed by atoms with van der Waals surface area (Å²) in [5.74, 6) is -2.21. The monoisotopic (exact) mass is 287 g/mol. The molecule has 1 atom stereocenters. The predicted octanol–water partition coefficient (Wildman–Crippen LogP) is 3.49. The molecule has 0 spiro atoms. The van der Waals surface area contributed by atoms with Crippen LogP contribution in [0.2, 0.25) is 0 Å². The van der Waals surface area contributed by atoms with E-state index in [1.165, 1.54) is 19.1 Å². The van der Waals surface area contributed by atoms with Gasteiger partial charge in [0.2, 0.25) is 5.78 Å². The lowest BCUT2D eigenvalue weighted by Crippen LogP contribution is -2.24. The highest BCUT2D eigenvalue weighted by molar-refractivity contribution is 5.99. The zero-order valence-corrected chi connectivity index (χ0v) is 11.1. The van der Waals surface area contributed by atoms with Crippen molar-refractivity contribution in [2.45, 2.75) is 13.0 Å².